The van der Waals surface area contributed by atoms with Gasteiger partial charge in [-0.2, -0.15) is 4.80 Å². The molecule has 0 bridgehead atoms. The van der Waals surface area contributed by atoms with E-state index in [2.05, 4.69) is 57.8 Å². The van der Waals surface area contributed by atoms with Crippen molar-refractivity contribution in [3.05, 3.63) is 82.1 Å². The van der Waals surface area contributed by atoms with E-state index < -0.39 is 0 Å². The van der Waals surface area contributed by atoms with Crippen LogP contribution in [0.15, 0.2) is 60.8 Å². The molecule has 0 amide bonds. The molecule has 0 radical (unpaired) electrons. The molecule has 0 saturated carbocycles. The molecule has 0 aliphatic heterocycles. The lowest BCUT2D eigenvalue weighted by Gasteiger charge is -2.02. The zero-order valence-corrected chi connectivity index (χ0v) is 15.1. The van der Waals surface area contributed by atoms with Gasteiger partial charge in [0.05, 0.1) is 18.7 Å². The second kappa shape index (κ2) is 7.05. The van der Waals surface area contributed by atoms with Gasteiger partial charge >= 0.3 is 0 Å². The number of tetrazole rings is 1. The molecule has 2 aromatic heterocycles. The van der Waals surface area contributed by atoms with Crippen molar-refractivity contribution in [1.29, 1.82) is 0 Å². The van der Waals surface area contributed by atoms with Crippen LogP contribution in [0.1, 0.15) is 16.7 Å². The number of H-pyrrole nitrogens is 1. The van der Waals surface area contributed by atoms with E-state index in [9.17, 15) is 0 Å². The number of aryl methyl sites for hydroxylation is 1. The summed E-state index contributed by atoms with van der Waals surface area (Å²) in [6.45, 7) is 3.32. The van der Waals surface area contributed by atoms with Crippen LogP contribution >= 0.6 is 12.2 Å². The van der Waals surface area contributed by atoms with E-state index in [0.29, 0.717) is 23.6 Å². The lowest BCUT2D eigenvalue weighted by atomic mass is 10.1. The number of nitrogens with zero attached hydrogens (tertiary/aromatic N) is 5. The first-order valence-electron chi connectivity index (χ1n) is 8.35. The molecule has 0 aliphatic carbocycles. The minimum Gasteiger partial charge on any atom is -0.304 e. The van der Waals surface area contributed by atoms with Gasteiger partial charge in [-0.1, -0.05) is 72.4 Å². The quantitative estimate of drug-likeness (QED) is 0.551. The molecule has 26 heavy (non-hydrogen) atoms. The zero-order valence-electron chi connectivity index (χ0n) is 14.3. The Morgan fingerprint density at radius 1 is 1.00 bits per heavy atom. The van der Waals surface area contributed by atoms with E-state index >= 15 is 0 Å². The third kappa shape index (κ3) is 3.48. The van der Waals surface area contributed by atoms with Crippen molar-refractivity contribution in [1.82, 2.24) is 30.0 Å². The minimum atomic E-state index is 0.533. The lowest BCUT2D eigenvalue weighted by Crippen LogP contribution is -2.04. The van der Waals surface area contributed by atoms with Crippen LogP contribution in [-0.4, -0.2) is 30.0 Å². The molecule has 0 spiro atoms. The van der Waals surface area contributed by atoms with Crippen LogP contribution in [0.2, 0.25) is 0 Å². The highest BCUT2D eigenvalue weighted by Gasteiger charge is 2.12. The summed E-state index contributed by atoms with van der Waals surface area (Å²) in [7, 11) is 0. The number of rotatable bonds is 5. The average molecular weight is 362 g/mol. The van der Waals surface area contributed by atoms with Gasteiger partial charge in [0.2, 0.25) is 5.82 Å². The van der Waals surface area contributed by atoms with Crippen molar-refractivity contribution in [2.45, 2.75) is 20.0 Å². The summed E-state index contributed by atoms with van der Waals surface area (Å²) >= 11 is 5.58. The molecule has 0 unspecified atom stereocenters. The predicted octanol–water partition coefficient (Wildman–Crippen LogP) is 3.60. The van der Waals surface area contributed by atoms with Gasteiger partial charge < -0.3 is 5.10 Å². The topological polar surface area (TPSA) is 64.3 Å². The summed E-state index contributed by atoms with van der Waals surface area (Å²) in [5.74, 6) is 0.533. The summed E-state index contributed by atoms with van der Waals surface area (Å²) in [6.07, 6.45) is 1.83. The van der Waals surface area contributed by atoms with E-state index in [1.54, 1.807) is 4.80 Å². The number of hydrogen-bond donors (Lipinski definition) is 1. The van der Waals surface area contributed by atoms with Crippen LogP contribution < -0.4 is 0 Å². The van der Waals surface area contributed by atoms with E-state index in [4.69, 9.17) is 12.2 Å². The molecule has 6 nitrogen and oxygen atoms in total. The van der Waals surface area contributed by atoms with Gasteiger partial charge in [0, 0.05) is 6.20 Å². The van der Waals surface area contributed by atoms with Crippen molar-refractivity contribution in [2.24, 2.45) is 0 Å². The smallest absolute Gasteiger partial charge is 0.209 e. The van der Waals surface area contributed by atoms with E-state index in [1.807, 2.05) is 35.1 Å². The third-order valence-corrected chi connectivity index (χ3v) is 4.56. The molecule has 0 atom stereocenters. The maximum Gasteiger partial charge on any atom is 0.209 e. The van der Waals surface area contributed by atoms with Gasteiger partial charge in [0.15, 0.2) is 0 Å². The molecule has 1 N–H and O–H groups in total. The second-order valence-corrected chi connectivity index (χ2v) is 6.58. The maximum absolute atomic E-state index is 5.58. The summed E-state index contributed by atoms with van der Waals surface area (Å²) in [6, 6.07) is 18.4. The Balaban J connectivity index is 1.55. The fourth-order valence-corrected chi connectivity index (χ4v) is 3.11. The van der Waals surface area contributed by atoms with Crippen molar-refractivity contribution >= 4 is 12.2 Å². The fourth-order valence-electron chi connectivity index (χ4n) is 2.84. The van der Waals surface area contributed by atoms with Crippen LogP contribution in [-0.2, 0) is 13.1 Å². The largest absolute Gasteiger partial charge is 0.304 e. The molecular formula is C19H18N6S. The lowest BCUT2D eigenvalue weighted by molar-refractivity contribution is 0.572. The first-order chi connectivity index (χ1) is 12.7. The van der Waals surface area contributed by atoms with Gasteiger partial charge in [0.1, 0.15) is 4.64 Å². The van der Waals surface area contributed by atoms with Gasteiger partial charge in [-0.15, -0.1) is 10.2 Å². The van der Waals surface area contributed by atoms with Crippen LogP contribution in [0, 0.1) is 11.6 Å². The molecule has 0 fully saturated rings. The SMILES string of the molecule is Cc1cccc(Cn2nnc(-c3c[nH]n(Cc4ccccc4)c3=S)n2)c1. The monoisotopic (exact) mass is 362 g/mol. The Hall–Kier alpha value is -3.06. The Kier molecular flexibility index (Phi) is 4.45. The zero-order chi connectivity index (χ0) is 17.9. The molecule has 2 aromatic carbocycles. The highest BCUT2D eigenvalue weighted by Crippen LogP contribution is 2.16. The van der Waals surface area contributed by atoms with Gasteiger partial charge in [0.25, 0.3) is 0 Å². The Morgan fingerprint density at radius 3 is 2.62 bits per heavy atom. The number of nitrogens with one attached hydrogen (secondary N) is 1. The average Bonchev–Trinajstić information content (AvgIpc) is 3.23. The predicted molar refractivity (Wildman–Crippen MR) is 102 cm³/mol. The van der Waals surface area contributed by atoms with Gasteiger partial charge in [-0.3, -0.25) is 4.68 Å². The van der Waals surface area contributed by atoms with Gasteiger partial charge in [-0.05, 0) is 23.3 Å². The third-order valence-electron chi connectivity index (χ3n) is 4.12. The van der Waals surface area contributed by atoms with E-state index in [1.165, 1.54) is 11.1 Å². The molecule has 0 aliphatic rings. The van der Waals surface area contributed by atoms with Crippen molar-refractivity contribution in [3.63, 3.8) is 0 Å². The van der Waals surface area contributed by atoms with Gasteiger partial charge in [-0.25, -0.2) is 0 Å². The first-order valence-corrected chi connectivity index (χ1v) is 8.76. The van der Waals surface area contributed by atoms with Crippen molar-refractivity contribution in [2.75, 3.05) is 0 Å². The molecule has 7 heteroatoms. The molecule has 4 rings (SSSR count). The van der Waals surface area contributed by atoms with Crippen LogP contribution in [0.3, 0.4) is 0 Å². The highest BCUT2D eigenvalue weighted by molar-refractivity contribution is 7.71. The Bertz CT molecular complexity index is 1080. The van der Waals surface area contributed by atoms with Crippen LogP contribution in [0.4, 0.5) is 0 Å². The molecule has 2 heterocycles. The molecule has 0 saturated heterocycles. The fraction of sp³-hybridized carbons (Fsp3) is 0.158. The number of aromatic amines is 1. The summed E-state index contributed by atoms with van der Waals surface area (Å²) < 4.78 is 2.57. The van der Waals surface area contributed by atoms with Crippen LogP contribution in [0.25, 0.3) is 11.4 Å². The molecule has 130 valence electrons. The van der Waals surface area contributed by atoms with E-state index in [-0.39, 0.29) is 0 Å². The number of benzene rings is 2. The summed E-state index contributed by atoms with van der Waals surface area (Å²) in [5.41, 5.74) is 4.31. The Morgan fingerprint density at radius 2 is 1.81 bits per heavy atom. The summed E-state index contributed by atoms with van der Waals surface area (Å²) in [5, 5.41) is 16.0. The molecular weight excluding hydrogens is 344 g/mol. The first kappa shape index (κ1) is 16.4. The normalized spacial score (nSPS) is 11.0. The number of hydrogen-bond acceptors (Lipinski definition) is 4. The Labute approximate surface area is 156 Å². The second-order valence-electron chi connectivity index (χ2n) is 6.20. The van der Waals surface area contributed by atoms with Crippen molar-refractivity contribution < 1.29 is 0 Å². The van der Waals surface area contributed by atoms with Crippen LogP contribution in [0.5, 0.6) is 0 Å². The van der Waals surface area contributed by atoms with E-state index in [0.717, 1.165) is 11.1 Å². The summed E-state index contributed by atoms with van der Waals surface area (Å²) in [4.78, 5) is 1.59. The standard InChI is InChI=1S/C19H18N6S/c1-14-6-5-9-16(10-14)13-25-22-18(21-23-25)17-11-20-24(19(17)26)12-15-7-3-2-4-8-15/h2-11,20H,12-13H2,1H3. The molecule has 4 aromatic rings. The number of aromatic nitrogens is 6. The minimum absolute atomic E-state index is 0.533. The van der Waals surface area contributed by atoms with Crippen molar-refractivity contribution in [3.8, 4) is 11.4 Å². The maximum atomic E-state index is 5.58. The highest BCUT2D eigenvalue weighted by atomic mass is 32.1.